The Kier molecular flexibility index (Phi) is 3.48. The second-order valence-electron chi connectivity index (χ2n) is 5.16. The van der Waals surface area contributed by atoms with Crippen LogP contribution in [0.5, 0.6) is 0 Å². The predicted octanol–water partition coefficient (Wildman–Crippen LogP) is 4.14. The van der Waals surface area contributed by atoms with Crippen molar-refractivity contribution in [3.63, 3.8) is 0 Å². The summed E-state index contributed by atoms with van der Waals surface area (Å²) in [5, 5.41) is 1.12. The van der Waals surface area contributed by atoms with E-state index in [1.54, 1.807) is 4.90 Å². The number of carbonyl (C=O) groups excluding carboxylic acids is 1. The van der Waals surface area contributed by atoms with E-state index < -0.39 is 0 Å². The summed E-state index contributed by atoms with van der Waals surface area (Å²) in [6.07, 6.45) is 1.89. The van der Waals surface area contributed by atoms with Crippen LogP contribution in [0.4, 0.5) is 5.69 Å². The van der Waals surface area contributed by atoms with Gasteiger partial charge in [0.05, 0.1) is 0 Å². The number of aromatic nitrogens is 1. The van der Waals surface area contributed by atoms with Crippen molar-refractivity contribution in [1.82, 2.24) is 4.98 Å². The summed E-state index contributed by atoms with van der Waals surface area (Å²) in [5.74, 6) is 0.0258. The first-order chi connectivity index (χ1) is 10.2. The molecule has 0 fully saturated rings. The number of anilines is 1. The van der Waals surface area contributed by atoms with Crippen molar-refractivity contribution in [2.75, 3.05) is 11.4 Å². The van der Waals surface area contributed by atoms with Crippen LogP contribution in [0.25, 0.3) is 10.9 Å². The molecule has 3 rings (SSSR count). The first-order valence-corrected chi connectivity index (χ1v) is 7.14. The highest BCUT2D eigenvalue weighted by molar-refractivity contribution is 6.07. The molecule has 2 aromatic carbocycles. The van der Waals surface area contributed by atoms with Gasteiger partial charge in [0.25, 0.3) is 5.91 Å². The molecule has 1 aromatic heterocycles. The third-order valence-corrected chi connectivity index (χ3v) is 3.71. The fourth-order valence-corrected chi connectivity index (χ4v) is 2.50. The molecule has 0 unspecified atom stereocenters. The fourth-order valence-electron chi connectivity index (χ4n) is 2.50. The zero-order chi connectivity index (χ0) is 14.8. The van der Waals surface area contributed by atoms with Crippen molar-refractivity contribution in [2.45, 2.75) is 13.8 Å². The maximum absolute atomic E-state index is 12.7. The Morgan fingerprint density at radius 3 is 2.57 bits per heavy atom. The van der Waals surface area contributed by atoms with E-state index in [1.165, 1.54) is 5.56 Å². The summed E-state index contributed by atoms with van der Waals surface area (Å²) >= 11 is 0. The number of hydrogen-bond acceptors (Lipinski definition) is 1. The van der Waals surface area contributed by atoms with E-state index in [-0.39, 0.29) is 5.91 Å². The van der Waals surface area contributed by atoms with Crippen molar-refractivity contribution < 1.29 is 4.79 Å². The molecule has 0 aliphatic rings. The number of fused-ring (bicyclic) bond motifs is 1. The summed E-state index contributed by atoms with van der Waals surface area (Å²) < 4.78 is 0. The van der Waals surface area contributed by atoms with E-state index >= 15 is 0 Å². The molecule has 0 saturated heterocycles. The average molecular weight is 278 g/mol. The number of hydrogen-bond donors (Lipinski definition) is 1. The van der Waals surface area contributed by atoms with Crippen LogP contribution in [0.3, 0.4) is 0 Å². The molecule has 0 saturated carbocycles. The molecule has 1 heterocycles. The molecule has 3 nitrogen and oxygen atoms in total. The monoisotopic (exact) mass is 278 g/mol. The van der Waals surface area contributed by atoms with Gasteiger partial charge >= 0.3 is 0 Å². The zero-order valence-electron chi connectivity index (χ0n) is 12.3. The van der Waals surface area contributed by atoms with Crippen molar-refractivity contribution >= 4 is 22.5 Å². The van der Waals surface area contributed by atoms with Crippen LogP contribution < -0.4 is 4.90 Å². The highest BCUT2D eigenvalue weighted by atomic mass is 16.2. The molecule has 0 bridgehead atoms. The van der Waals surface area contributed by atoms with Gasteiger partial charge in [-0.25, -0.2) is 0 Å². The number of H-pyrrole nitrogens is 1. The van der Waals surface area contributed by atoms with E-state index in [9.17, 15) is 4.79 Å². The summed E-state index contributed by atoms with van der Waals surface area (Å²) in [4.78, 5) is 17.7. The van der Waals surface area contributed by atoms with Crippen molar-refractivity contribution in [3.05, 3.63) is 65.9 Å². The molecule has 0 aliphatic carbocycles. The number of nitrogens with one attached hydrogen (secondary N) is 1. The zero-order valence-corrected chi connectivity index (χ0v) is 12.3. The van der Waals surface area contributed by atoms with Gasteiger partial charge < -0.3 is 9.88 Å². The Hall–Kier alpha value is -2.55. The molecule has 3 aromatic rings. The number of benzene rings is 2. The Morgan fingerprint density at radius 2 is 1.86 bits per heavy atom. The lowest BCUT2D eigenvalue weighted by atomic mass is 10.1. The summed E-state index contributed by atoms with van der Waals surface area (Å²) in [5.41, 5.74) is 3.81. The Labute approximate surface area is 124 Å². The predicted molar refractivity (Wildman–Crippen MR) is 86.8 cm³/mol. The van der Waals surface area contributed by atoms with Gasteiger partial charge in [-0.1, -0.05) is 23.8 Å². The molecule has 0 atom stereocenters. The van der Waals surface area contributed by atoms with Crippen molar-refractivity contribution in [2.24, 2.45) is 0 Å². The minimum absolute atomic E-state index is 0.0258. The lowest BCUT2D eigenvalue weighted by molar-refractivity contribution is 0.0988. The Balaban J connectivity index is 1.95. The lowest BCUT2D eigenvalue weighted by Gasteiger charge is -2.21. The number of aryl methyl sites for hydroxylation is 1. The first kappa shape index (κ1) is 13.4. The number of nitrogens with zero attached hydrogens (tertiary/aromatic N) is 1. The smallest absolute Gasteiger partial charge is 0.258 e. The van der Waals surface area contributed by atoms with Gasteiger partial charge in [-0.2, -0.15) is 0 Å². The minimum atomic E-state index is 0.0258. The second-order valence-corrected chi connectivity index (χ2v) is 5.16. The number of rotatable bonds is 3. The maximum Gasteiger partial charge on any atom is 0.258 e. The van der Waals surface area contributed by atoms with Crippen LogP contribution in [-0.2, 0) is 0 Å². The number of aromatic amines is 1. The Morgan fingerprint density at radius 1 is 1.10 bits per heavy atom. The van der Waals surface area contributed by atoms with Gasteiger partial charge in [-0.15, -0.1) is 0 Å². The maximum atomic E-state index is 12.7. The quantitative estimate of drug-likeness (QED) is 0.768. The Bertz CT molecular complexity index is 771. The van der Waals surface area contributed by atoms with Crippen molar-refractivity contribution in [1.29, 1.82) is 0 Å². The molecule has 0 aliphatic heterocycles. The van der Waals surface area contributed by atoms with Crippen molar-refractivity contribution in [3.8, 4) is 0 Å². The van der Waals surface area contributed by atoms with E-state index in [2.05, 4.69) is 4.98 Å². The van der Waals surface area contributed by atoms with Gasteiger partial charge in [0.2, 0.25) is 0 Å². The molecule has 3 heteroatoms. The third-order valence-electron chi connectivity index (χ3n) is 3.71. The van der Waals surface area contributed by atoms with Gasteiger partial charge in [-0.05, 0) is 49.6 Å². The van der Waals surface area contributed by atoms with E-state index in [0.29, 0.717) is 12.1 Å². The first-order valence-electron chi connectivity index (χ1n) is 7.14. The SMILES string of the molecule is CCN(C(=O)c1ccc2cc[nH]c2c1)c1ccc(C)cc1. The summed E-state index contributed by atoms with van der Waals surface area (Å²) in [6, 6.07) is 15.8. The van der Waals surface area contributed by atoms with E-state index in [1.807, 2.05) is 68.6 Å². The normalized spacial score (nSPS) is 10.8. The van der Waals surface area contributed by atoms with E-state index in [4.69, 9.17) is 0 Å². The largest absolute Gasteiger partial charge is 0.361 e. The van der Waals surface area contributed by atoms with Crippen LogP contribution in [0.15, 0.2) is 54.7 Å². The minimum Gasteiger partial charge on any atom is -0.361 e. The van der Waals surface area contributed by atoms with Crippen LogP contribution in [0.1, 0.15) is 22.8 Å². The third kappa shape index (κ3) is 2.55. The van der Waals surface area contributed by atoms with Gasteiger partial charge in [0, 0.05) is 29.5 Å². The molecular formula is C18H18N2O. The topological polar surface area (TPSA) is 36.1 Å². The molecule has 0 radical (unpaired) electrons. The van der Waals surface area contributed by atoms with Gasteiger partial charge in [-0.3, -0.25) is 4.79 Å². The second kappa shape index (κ2) is 5.44. The van der Waals surface area contributed by atoms with Gasteiger partial charge in [0.1, 0.15) is 0 Å². The fraction of sp³-hybridized carbons (Fsp3) is 0.167. The summed E-state index contributed by atoms with van der Waals surface area (Å²) in [6.45, 7) is 4.68. The number of amides is 1. The van der Waals surface area contributed by atoms with Crippen LogP contribution in [-0.4, -0.2) is 17.4 Å². The highest BCUT2D eigenvalue weighted by Gasteiger charge is 2.16. The highest BCUT2D eigenvalue weighted by Crippen LogP contribution is 2.20. The van der Waals surface area contributed by atoms with Gasteiger partial charge in [0.15, 0.2) is 0 Å². The molecular weight excluding hydrogens is 260 g/mol. The lowest BCUT2D eigenvalue weighted by Crippen LogP contribution is -2.30. The van der Waals surface area contributed by atoms with Crippen LogP contribution in [0, 0.1) is 6.92 Å². The molecule has 1 amide bonds. The molecule has 106 valence electrons. The number of carbonyl (C=O) groups is 1. The van der Waals surface area contributed by atoms with Crippen LogP contribution >= 0.6 is 0 Å². The molecule has 0 spiro atoms. The van der Waals surface area contributed by atoms with E-state index in [0.717, 1.165) is 16.6 Å². The van der Waals surface area contributed by atoms with Crippen LogP contribution in [0.2, 0.25) is 0 Å². The molecule has 1 N–H and O–H groups in total. The summed E-state index contributed by atoms with van der Waals surface area (Å²) in [7, 11) is 0. The standard InChI is InChI=1S/C18H18N2O/c1-3-20(16-8-4-13(2)5-9-16)18(21)15-7-6-14-10-11-19-17(14)12-15/h4-12,19H,3H2,1-2H3. The molecule has 21 heavy (non-hydrogen) atoms. The average Bonchev–Trinajstić information content (AvgIpc) is 2.97.